The van der Waals surface area contributed by atoms with Gasteiger partial charge in [-0.05, 0) is 25.5 Å². The molecule has 0 bridgehead atoms. The fourth-order valence-electron chi connectivity index (χ4n) is 1.57. The van der Waals surface area contributed by atoms with Crippen LogP contribution in [0.5, 0.6) is 5.75 Å². The molecule has 0 amide bonds. The van der Waals surface area contributed by atoms with Crippen molar-refractivity contribution in [1.82, 2.24) is 0 Å². The van der Waals surface area contributed by atoms with E-state index in [0.717, 1.165) is 11.3 Å². The summed E-state index contributed by atoms with van der Waals surface area (Å²) in [5, 5.41) is 9.67. The number of benzene rings is 1. The number of rotatable bonds is 2. The van der Waals surface area contributed by atoms with Crippen LogP contribution in [-0.4, -0.2) is 11.3 Å². The molecule has 92 valence electrons. The van der Waals surface area contributed by atoms with Gasteiger partial charge in [0.05, 0.1) is 5.69 Å². The zero-order chi connectivity index (χ0) is 13.1. The number of hydrogen-bond acceptors (Lipinski definition) is 4. The maximum atomic E-state index is 11.5. The summed E-state index contributed by atoms with van der Waals surface area (Å²) >= 11 is 0. The van der Waals surface area contributed by atoms with Crippen LogP contribution < -0.4 is 5.63 Å². The van der Waals surface area contributed by atoms with E-state index in [4.69, 9.17) is 4.42 Å². The minimum Gasteiger partial charge on any atom is -0.507 e. The minimum absolute atomic E-state index is 0.0591. The second-order valence-electron chi connectivity index (χ2n) is 3.99. The van der Waals surface area contributed by atoms with Gasteiger partial charge in [0.15, 0.2) is 0 Å². The molecule has 2 aromatic rings. The number of nitrogens with zero attached hydrogens (tertiary/aromatic N) is 1. The smallest absolute Gasteiger partial charge is 0.348 e. The van der Waals surface area contributed by atoms with E-state index >= 15 is 0 Å². The predicted octanol–water partition coefficient (Wildman–Crippen LogP) is 2.71. The molecule has 2 rings (SSSR count). The number of hydrogen-bond donors (Lipinski definition) is 1. The van der Waals surface area contributed by atoms with E-state index in [1.165, 1.54) is 12.3 Å². The van der Waals surface area contributed by atoms with Crippen molar-refractivity contribution in [3.8, 4) is 5.75 Å². The Bertz CT molecular complexity index is 656. The molecule has 0 saturated carbocycles. The number of para-hydroxylation sites is 1. The van der Waals surface area contributed by atoms with Crippen molar-refractivity contribution in [2.45, 2.75) is 13.8 Å². The van der Waals surface area contributed by atoms with Gasteiger partial charge in [0.1, 0.15) is 17.1 Å². The van der Waals surface area contributed by atoms with Gasteiger partial charge in [-0.2, -0.15) is 0 Å². The molecule has 1 aromatic carbocycles. The van der Waals surface area contributed by atoms with Crippen LogP contribution in [-0.2, 0) is 0 Å². The van der Waals surface area contributed by atoms with E-state index in [1.807, 2.05) is 31.2 Å². The molecule has 1 N–H and O–H groups in total. The third kappa shape index (κ3) is 2.48. The summed E-state index contributed by atoms with van der Waals surface area (Å²) < 4.78 is 4.90. The lowest BCUT2D eigenvalue weighted by Crippen LogP contribution is -2.07. The Labute approximate surface area is 104 Å². The molecular formula is C14H13NO3. The van der Waals surface area contributed by atoms with Gasteiger partial charge in [-0.3, -0.25) is 4.99 Å². The summed E-state index contributed by atoms with van der Waals surface area (Å²) in [4.78, 5) is 15.7. The lowest BCUT2D eigenvalue weighted by Gasteiger charge is -2.00. The molecule has 0 aliphatic heterocycles. The summed E-state index contributed by atoms with van der Waals surface area (Å²) in [5.41, 5.74) is 1.20. The standard InChI is InChI=1S/C14H13NO3/c1-9-5-3-4-6-12(9)15-8-11-13(16)7-10(2)18-14(11)17/h3-8,16H,1-2H3. The molecule has 1 heterocycles. The van der Waals surface area contributed by atoms with Gasteiger partial charge in [-0.15, -0.1) is 0 Å². The van der Waals surface area contributed by atoms with Crippen LogP contribution in [0.1, 0.15) is 16.9 Å². The monoisotopic (exact) mass is 243 g/mol. The highest BCUT2D eigenvalue weighted by atomic mass is 16.4. The van der Waals surface area contributed by atoms with Crippen molar-refractivity contribution < 1.29 is 9.52 Å². The summed E-state index contributed by atoms with van der Waals surface area (Å²) in [6.07, 6.45) is 1.32. The summed E-state index contributed by atoms with van der Waals surface area (Å²) in [6, 6.07) is 8.91. The van der Waals surface area contributed by atoms with E-state index in [2.05, 4.69) is 4.99 Å². The largest absolute Gasteiger partial charge is 0.507 e. The van der Waals surface area contributed by atoms with Crippen molar-refractivity contribution >= 4 is 11.9 Å². The molecule has 0 spiro atoms. The fourth-order valence-corrected chi connectivity index (χ4v) is 1.57. The predicted molar refractivity (Wildman–Crippen MR) is 69.8 cm³/mol. The summed E-state index contributed by atoms with van der Waals surface area (Å²) in [6.45, 7) is 3.52. The first kappa shape index (κ1) is 12.1. The highest BCUT2D eigenvalue weighted by Crippen LogP contribution is 2.18. The van der Waals surface area contributed by atoms with Crippen LogP contribution in [0.15, 0.2) is 44.5 Å². The molecule has 0 fully saturated rings. The topological polar surface area (TPSA) is 62.8 Å². The van der Waals surface area contributed by atoms with E-state index in [-0.39, 0.29) is 11.3 Å². The zero-order valence-electron chi connectivity index (χ0n) is 10.2. The summed E-state index contributed by atoms with van der Waals surface area (Å²) in [7, 11) is 0. The Balaban J connectivity index is 2.42. The third-order valence-corrected chi connectivity index (χ3v) is 2.54. The maximum Gasteiger partial charge on any atom is 0.348 e. The average Bonchev–Trinajstić information content (AvgIpc) is 2.30. The van der Waals surface area contributed by atoms with Gasteiger partial charge in [0.2, 0.25) is 0 Å². The van der Waals surface area contributed by atoms with Gasteiger partial charge < -0.3 is 9.52 Å². The van der Waals surface area contributed by atoms with Crippen molar-refractivity contribution in [2.75, 3.05) is 0 Å². The first-order chi connectivity index (χ1) is 8.58. The van der Waals surface area contributed by atoms with Crippen LogP contribution in [0.25, 0.3) is 0 Å². The second kappa shape index (κ2) is 4.87. The van der Waals surface area contributed by atoms with Crippen LogP contribution in [0.4, 0.5) is 5.69 Å². The summed E-state index contributed by atoms with van der Waals surface area (Å²) in [5.74, 6) is 0.242. The third-order valence-electron chi connectivity index (χ3n) is 2.54. The Kier molecular flexibility index (Phi) is 3.28. The molecule has 0 radical (unpaired) electrons. The molecule has 4 nitrogen and oxygen atoms in total. The van der Waals surface area contributed by atoms with Crippen molar-refractivity contribution in [2.24, 2.45) is 4.99 Å². The van der Waals surface area contributed by atoms with Gasteiger partial charge in [-0.25, -0.2) is 4.79 Å². The van der Waals surface area contributed by atoms with E-state index in [9.17, 15) is 9.90 Å². The molecule has 0 saturated heterocycles. The van der Waals surface area contributed by atoms with Gasteiger partial charge in [-0.1, -0.05) is 18.2 Å². The Morgan fingerprint density at radius 2 is 2.00 bits per heavy atom. The van der Waals surface area contributed by atoms with E-state index in [0.29, 0.717) is 5.76 Å². The Morgan fingerprint density at radius 3 is 2.67 bits per heavy atom. The first-order valence-corrected chi connectivity index (χ1v) is 5.51. The van der Waals surface area contributed by atoms with Crippen LogP contribution in [0.2, 0.25) is 0 Å². The fraction of sp³-hybridized carbons (Fsp3) is 0.143. The van der Waals surface area contributed by atoms with Crippen molar-refractivity contribution in [3.63, 3.8) is 0 Å². The highest BCUT2D eigenvalue weighted by molar-refractivity contribution is 5.84. The Morgan fingerprint density at radius 1 is 1.28 bits per heavy atom. The quantitative estimate of drug-likeness (QED) is 0.825. The molecule has 1 aromatic heterocycles. The molecule has 0 aliphatic carbocycles. The lowest BCUT2D eigenvalue weighted by atomic mass is 10.2. The number of aliphatic imine (C=N–C) groups is 1. The number of aryl methyl sites for hydroxylation is 2. The zero-order valence-corrected chi connectivity index (χ0v) is 10.2. The van der Waals surface area contributed by atoms with Crippen molar-refractivity contribution in [3.05, 3.63) is 57.6 Å². The highest BCUT2D eigenvalue weighted by Gasteiger charge is 2.07. The second-order valence-corrected chi connectivity index (χ2v) is 3.99. The van der Waals surface area contributed by atoms with Gasteiger partial charge in [0.25, 0.3) is 0 Å². The molecule has 4 heteroatoms. The van der Waals surface area contributed by atoms with Gasteiger partial charge >= 0.3 is 5.63 Å². The molecule has 0 aliphatic rings. The van der Waals surface area contributed by atoms with E-state index < -0.39 is 5.63 Å². The molecular weight excluding hydrogens is 230 g/mol. The average molecular weight is 243 g/mol. The Hall–Kier alpha value is -2.36. The van der Waals surface area contributed by atoms with Crippen molar-refractivity contribution in [1.29, 1.82) is 0 Å². The normalized spacial score (nSPS) is 11.0. The number of aromatic hydroxyl groups is 1. The molecule has 0 unspecified atom stereocenters. The van der Waals surface area contributed by atoms with Gasteiger partial charge in [0, 0.05) is 12.3 Å². The SMILES string of the molecule is Cc1cc(O)c(C=Nc2ccccc2C)c(=O)o1. The van der Waals surface area contributed by atoms with E-state index in [1.54, 1.807) is 6.92 Å². The minimum atomic E-state index is -0.593. The first-order valence-electron chi connectivity index (χ1n) is 5.51. The molecule has 0 atom stereocenters. The van der Waals surface area contributed by atoms with Crippen LogP contribution in [0.3, 0.4) is 0 Å². The van der Waals surface area contributed by atoms with Crippen LogP contribution in [0, 0.1) is 13.8 Å². The van der Waals surface area contributed by atoms with Crippen LogP contribution >= 0.6 is 0 Å². The lowest BCUT2D eigenvalue weighted by molar-refractivity contribution is 0.433. The maximum absolute atomic E-state index is 11.5. The molecule has 18 heavy (non-hydrogen) atoms.